The number of nitrogens with zero attached hydrogens (tertiary/aromatic N) is 5. The quantitative estimate of drug-likeness (QED) is 0.167. The van der Waals surface area contributed by atoms with Gasteiger partial charge in [0.25, 0.3) is 0 Å². The van der Waals surface area contributed by atoms with Gasteiger partial charge in [-0.15, -0.1) is 34.2 Å². The van der Waals surface area contributed by atoms with Gasteiger partial charge in [0.1, 0.15) is 5.82 Å². The number of guanidine groups is 1. The first kappa shape index (κ1) is 20.1. The van der Waals surface area contributed by atoms with Crippen molar-refractivity contribution < 1.29 is 0 Å². The van der Waals surface area contributed by atoms with Crippen LogP contribution in [0.2, 0.25) is 0 Å². The first-order chi connectivity index (χ1) is 13.3. The van der Waals surface area contributed by atoms with Crippen LogP contribution in [-0.2, 0) is 13.0 Å². The van der Waals surface area contributed by atoms with E-state index in [4.69, 9.17) is 0 Å². The van der Waals surface area contributed by atoms with Crippen molar-refractivity contribution in [1.82, 2.24) is 35.2 Å². The predicted octanol–water partition coefficient (Wildman–Crippen LogP) is 2.52. The first-order valence-corrected chi connectivity index (χ1v) is 9.00. The van der Waals surface area contributed by atoms with Crippen LogP contribution in [0, 0.1) is 0 Å². The fourth-order valence-corrected chi connectivity index (χ4v) is 2.98. The Labute approximate surface area is 179 Å². The molecule has 0 aliphatic heterocycles. The van der Waals surface area contributed by atoms with E-state index in [1.165, 1.54) is 0 Å². The van der Waals surface area contributed by atoms with Crippen LogP contribution >= 0.6 is 24.0 Å². The maximum Gasteiger partial charge on any atom is 0.191 e. The minimum Gasteiger partial charge on any atom is -0.356 e. The van der Waals surface area contributed by atoms with Gasteiger partial charge >= 0.3 is 0 Å². The van der Waals surface area contributed by atoms with Gasteiger partial charge in [-0.2, -0.15) is 0 Å². The molecule has 3 aromatic heterocycles. The van der Waals surface area contributed by atoms with Gasteiger partial charge in [0, 0.05) is 26.2 Å². The number of fused-ring (bicyclic) bond motifs is 2. The molecule has 0 aliphatic rings. The van der Waals surface area contributed by atoms with Crippen LogP contribution < -0.4 is 10.6 Å². The number of imidazole rings is 1. The number of aliphatic imine (C=N–C) groups is 1. The molecular weight excluding hydrogens is 467 g/mol. The van der Waals surface area contributed by atoms with Crippen molar-refractivity contribution >= 4 is 46.6 Å². The summed E-state index contributed by atoms with van der Waals surface area (Å²) in [5, 5.41) is 15.0. The number of hydrogen-bond donors (Lipinski definition) is 3. The van der Waals surface area contributed by atoms with E-state index in [2.05, 4.69) is 35.8 Å². The van der Waals surface area contributed by atoms with Crippen molar-refractivity contribution in [2.45, 2.75) is 19.4 Å². The standard InChI is InChI=1S/C19H22N8.HI/c1-20-19(22-13-18-26-25-17-10-4-5-12-27(17)18)21-11-6-9-16-23-14-7-2-3-8-15(14)24-16;/h2-5,7-8,10,12H,6,9,11,13H2,1H3,(H,23,24)(H2,20,21,22);1H. The fourth-order valence-electron chi connectivity index (χ4n) is 2.98. The highest BCUT2D eigenvalue weighted by Crippen LogP contribution is 2.11. The van der Waals surface area contributed by atoms with Crippen molar-refractivity contribution in [3.63, 3.8) is 0 Å². The fraction of sp³-hybridized carbons (Fsp3) is 0.263. The van der Waals surface area contributed by atoms with Crippen LogP contribution in [-0.4, -0.2) is 44.1 Å². The van der Waals surface area contributed by atoms with E-state index in [1.807, 2.05) is 53.1 Å². The summed E-state index contributed by atoms with van der Waals surface area (Å²) in [6.45, 7) is 1.35. The molecule has 4 aromatic rings. The number of aryl methyl sites for hydroxylation is 1. The highest BCUT2D eigenvalue weighted by molar-refractivity contribution is 14.0. The number of pyridine rings is 1. The van der Waals surface area contributed by atoms with Gasteiger partial charge in [0.2, 0.25) is 0 Å². The summed E-state index contributed by atoms with van der Waals surface area (Å²) in [6.07, 6.45) is 3.79. The minimum absolute atomic E-state index is 0. The molecule has 8 nitrogen and oxygen atoms in total. The van der Waals surface area contributed by atoms with Crippen molar-refractivity contribution in [2.75, 3.05) is 13.6 Å². The third-order valence-corrected chi connectivity index (χ3v) is 4.34. The molecule has 0 bridgehead atoms. The number of hydrogen-bond acceptors (Lipinski definition) is 4. The molecule has 3 N–H and O–H groups in total. The molecule has 3 heterocycles. The Balaban J connectivity index is 0.00000225. The molecule has 0 atom stereocenters. The molecule has 0 unspecified atom stereocenters. The highest BCUT2D eigenvalue weighted by Gasteiger charge is 2.06. The zero-order chi connectivity index (χ0) is 18.5. The van der Waals surface area contributed by atoms with E-state index in [0.29, 0.717) is 6.54 Å². The van der Waals surface area contributed by atoms with Gasteiger partial charge in [-0.3, -0.25) is 9.39 Å². The van der Waals surface area contributed by atoms with Crippen molar-refractivity contribution in [1.29, 1.82) is 0 Å². The second-order valence-electron chi connectivity index (χ2n) is 6.20. The SMILES string of the molecule is CN=C(NCCCc1nc2ccccc2[nH]1)NCc1nnc2ccccn12.I. The van der Waals surface area contributed by atoms with Gasteiger partial charge in [0.15, 0.2) is 17.4 Å². The zero-order valence-corrected chi connectivity index (χ0v) is 17.9. The lowest BCUT2D eigenvalue weighted by atomic mass is 10.3. The number of rotatable bonds is 6. The van der Waals surface area contributed by atoms with Crippen LogP contribution in [0.1, 0.15) is 18.1 Å². The van der Waals surface area contributed by atoms with Crippen LogP contribution in [0.5, 0.6) is 0 Å². The number of H-pyrrole nitrogens is 1. The molecule has 0 saturated heterocycles. The first-order valence-electron chi connectivity index (χ1n) is 9.00. The summed E-state index contributed by atoms with van der Waals surface area (Å²) in [5.74, 6) is 2.60. The molecular formula is C19H23IN8. The normalized spacial score (nSPS) is 11.5. The minimum atomic E-state index is 0. The summed E-state index contributed by atoms with van der Waals surface area (Å²) < 4.78 is 1.96. The van der Waals surface area contributed by atoms with Crippen LogP contribution in [0.15, 0.2) is 53.7 Å². The molecule has 0 amide bonds. The molecule has 1 aromatic carbocycles. The topological polar surface area (TPSA) is 95.3 Å². The van der Waals surface area contributed by atoms with E-state index in [1.54, 1.807) is 7.05 Å². The smallest absolute Gasteiger partial charge is 0.191 e. The lowest BCUT2D eigenvalue weighted by Gasteiger charge is -2.10. The maximum absolute atomic E-state index is 4.60. The van der Waals surface area contributed by atoms with E-state index >= 15 is 0 Å². The van der Waals surface area contributed by atoms with Crippen LogP contribution in [0.25, 0.3) is 16.7 Å². The second kappa shape index (κ2) is 9.49. The maximum atomic E-state index is 4.60. The number of para-hydroxylation sites is 2. The molecule has 146 valence electrons. The summed E-state index contributed by atoms with van der Waals surface area (Å²) >= 11 is 0. The molecule has 0 saturated carbocycles. The summed E-state index contributed by atoms with van der Waals surface area (Å²) in [5.41, 5.74) is 2.93. The predicted molar refractivity (Wildman–Crippen MR) is 121 cm³/mol. The number of aromatic nitrogens is 5. The molecule has 0 radical (unpaired) electrons. The average molecular weight is 490 g/mol. The van der Waals surface area contributed by atoms with Gasteiger partial charge in [-0.1, -0.05) is 18.2 Å². The lowest BCUT2D eigenvalue weighted by Crippen LogP contribution is -2.37. The number of nitrogens with one attached hydrogen (secondary N) is 3. The van der Waals surface area contributed by atoms with E-state index in [0.717, 1.165) is 53.7 Å². The monoisotopic (exact) mass is 490 g/mol. The molecule has 9 heteroatoms. The van der Waals surface area contributed by atoms with Crippen molar-refractivity contribution in [3.05, 3.63) is 60.3 Å². The zero-order valence-electron chi connectivity index (χ0n) is 15.6. The molecule has 28 heavy (non-hydrogen) atoms. The lowest BCUT2D eigenvalue weighted by molar-refractivity contribution is 0.715. The Morgan fingerprint density at radius 3 is 2.82 bits per heavy atom. The Morgan fingerprint density at radius 1 is 1.11 bits per heavy atom. The van der Waals surface area contributed by atoms with Crippen LogP contribution in [0.3, 0.4) is 0 Å². The highest BCUT2D eigenvalue weighted by atomic mass is 127. The number of halogens is 1. The molecule has 0 spiro atoms. The van der Waals surface area contributed by atoms with E-state index in [-0.39, 0.29) is 24.0 Å². The Morgan fingerprint density at radius 2 is 1.96 bits per heavy atom. The van der Waals surface area contributed by atoms with Crippen molar-refractivity contribution in [2.24, 2.45) is 4.99 Å². The third kappa shape index (κ3) is 4.58. The summed E-state index contributed by atoms with van der Waals surface area (Å²) in [4.78, 5) is 12.2. The van der Waals surface area contributed by atoms with Crippen molar-refractivity contribution in [3.8, 4) is 0 Å². The molecule has 4 rings (SSSR count). The van der Waals surface area contributed by atoms with Gasteiger partial charge in [0.05, 0.1) is 17.6 Å². The van der Waals surface area contributed by atoms with Gasteiger partial charge < -0.3 is 15.6 Å². The average Bonchev–Trinajstić information content (AvgIpc) is 3.31. The number of benzene rings is 1. The third-order valence-electron chi connectivity index (χ3n) is 4.34. The van der Waals surface area contributed by atoms with Crippen LogP contribution in [0.4, 0.5) is 0 Å². The summed E-state index contributed by atoms with van der Waals surface area (Å²) in [7, 11) is 1.76. The Hall–Kier alpha value is -2.69. The van der Waals surface area contributed by atoms with E-state index in [9.17, 15) is 0 Å². The van der Waals surface area contributed by atoms with E-state index < -0.39 is 0 Å². The second-order valence-corrected chi connectivity index (χ2v) is 6.20. The molecule has 0 fully saturated rings. The molecule has 0 aliphatic carbocycles. The largest absolute Gasteiger partial charge is 0.356 e. The van der Waals surface area contributed by atoms with Gasteiger partial charge in [-0.05, 0) is 30.7 Å². The summed E-state index contributed by atoms with van der Waals surface area (Å²) in [6, 6.07) is 13.9. The number of aromatic amines is 1. The Kier molecular flexibility index (Phi) is 6.80. The Bertz CT molecular complexity index is 1030. The van der Waals surface area contributed by atoms with Gasteiger partial charge in [-0.25, -0.2) is 4.98 Å².